The maximum atomic E-state index is 9.67. The molecule has 12 rings (SSSR count). The molecule has 0 bridgehead atoms. The van der Waals surface area contributed by atoms with Gasteiger partial charge in [-0.05, 0) is 114 Å². The van der Waals surface area contributed by atoms with E-state index in [1.807, 2.05) is 6.07 Å². The normalized spacial score (nSPS) is 16.4. The number of rotatable bonds is 3. The number of hydrogen-bond donors (Lipinski definition) is 0. The lowest BCUT2D eigenvalue weighted by Crippen LogP contribution is -2.26. The fraction of sp³-hybridized carbons (Fsp3) is 0.127. The average Bonchev–Trinajstić information content (AvgIpc) is 3.86. The highest BCUT2D eigenvalue weighted by Gasteiger charge is 2.52. The van der Waals surface area contributed by atoms with Crippen LogP contribution in [0.5, 0.6) is 0 Å². The van der Waals surface area contributed by atoms with E-state index in [1.54, 1.807) is 0 Å². The van der Waals surface area contributed by atoms with Gasteiger partial charge in [0.15, 0.2) is 0 Å². The lowest BCUT2D eigenvalue weighted by atomic mass is 9.70. The average molecular weight is 718 g/mol. The van der Waals surface area contributed by atoms with Gasteiger partial charge in [0.2, 0.25) is 0 Å². The zero-order chi connectivity index (χ0) is 39.3. The van der Waals surface area contributed by atoms with E-state index in [-0.39, 0.29) is 10.8 Å². The van der Waals surface area contributed by atoms with Gasteiger partial charge in [-0.25, -0.2) is 0 Å². The van der Waals surface area contributed by atoms with Gasteiger partial charge in [-0.2, -0.15) is 0 Å². The van der Waals surface area contributed by atoms with Crippen LogP contribution in [0.25, 0.3) is 44.5 Å². The van der Waals surface area contributed by atoms with Crippen molar-refractivity contribution in [2.45, 2.75) is 43.9 Å². The summed E-state index contributed by atoms with van der Waals surface area (Å²) in [4.78, 5) is 2.43. The Kier molecular flexibility index (Phi) is 5.79. The van der Waals surface area contributed by atoms with Crippen LogP contribution in [0.4, 0.5) is 17.1 Å². The van der Waals surface area contributed by atoms with Crippen LogP contribution in [-0.2, 0) is 16.2 Å². The fourth-order valence-electron chi connectivity index (χ4n) is 11.3. The summed E-state index contributed by atoms with van der Waals surface area (Å²) in [5.41, 5.74) is 21.8. The number of fused-ring (bicyclic) bond motifs is 16. The molecule has 4 aliphatic rings. The largest absolute Gasteiger partial charge is 0.310 e. The lowest BCUT2D eigenvalue weighted by Gasteiger charge is -2.33. The van der Waals surface area contributed by atoms with Crippen molar-refractivity contribution in [1.82, 2.24) is 0 Å². The monoisotopic (exact) mass is 717 g/mol. The molecule has 1 spiro atoms. The minimum Gasteiger partial charge on any atom is -0.310 e. The summed E-state index contributed by atoms with van der Waals surface area (Å²) in [5.74, 6) is 0. The molecule has 56 heavy (non-hydrogen) atoms. The van der Waals surface area contributed by atoms with E-state index in [0.717, 1.165) is 39.3 Å². The second kappa shape index (κ2) is 10.9. The number of hydrogen-bond acceptors (Lipinski definition) is 1. The maximum Gasteiger partial charge on any atom is 0.0726 e. The summed E-state index contributed by atoms with van der Waals surface area (Å²) in [6, 6.07) is 60.5. The Bertz CT molecular complexity index is 2960. The third kappa shape index (κ3) is 3.81. The Balaban J connectivity index is 1.18. The van der Waals surface area contributed by atoms with Gasteiger partial charge in [0.25, 0.3) is 0 Å². The van der Waals surface area contributed by atoms with Gasteiger partial charge in [-0.3, -0.25) is 0 Å². The van der Waals surface area contributed by atoms with E-state index in [2.05, 4.69) is 190 Å². The summed E-state index contributed by atoms with van der Waals surface area (Å²) < 4.78 is 18.7. The number of nitrogens with zero attached hydrogens (tertiary/aromatic N) is 1. The molecule has 8 aromatic carbocycles. The van der Waals surface area contributed by atoms with Crippen LogP contribution in [0.3, 0.4) is 0 Å². The van der Waals surface area contributed by atoms with Crippen molar-refractivity contribution < 1.29 is 2.74 Å². The molecule has 0 N–H and O–H groups in total. The standard InChI is InChI=1S/C55H41N/c1-53(2)43-21-10-5-16-36(43)40-30-28-34(32-49(40)53)56(35-29-31-41-37-17-6-11-22-44(37)54(3,4)50(41)33-35)51-27-15-26-48-52(51)42-20-9-14-25-47(42)55(48)45-23-12-7-18-38(45)39-19-8-13-24-46(39)55/h5-33H,1-4H3/i14D,15D. The molecule has 1 nitrogen and oxygen atoms in total. The third-order valence-corrected chi connectivity index (χ3v) is 13.8. The zero-order valence-electron chi connectivity index (χ0n) is 34.0. The highest BCUT2D eigenvalue weighted by Crippen LogP contribution is 2.65. The first-order valence-electron chi connectivity index (χ1n) is 20.8. The molecular formula is C55H41N. The SMILES string of the molecule is [2H]c1ccc2c(c1)C1(c3ccccc3-c3ccccc31)c1cc([2H])cc(N(c3ccc4c(c3)C(C)(C)c3ccccc3-4)c3ccc4c(c3)C(C)(C)c3ccccc3-4)c1-2. The summed E-state index contributed by atoms with van der Waals surface area (Å²) in [7, 11) is 0. The molecule has 1 heteroatoms. The van der Waals surface area contributed by atoms with Crippen LogP contribution in [0.15, 0.2) is 176 Å². The second-order valence-corrected chi connectivity index (χ2v) is 17.1. The van der Waals surface area contributed by atoms with Crippen molar-refractivity contribution in [3.05, 3.63) is 220 Å². The summed E-state index contributed by atoms with van der Waals surface area (Å²) in [5, 5.41) is 0. The van der Waals surface area contributed by atoms with Crippen molar-refractivity contribution >= 4 is 17.1 Å². The summed E-state index contributed by atoms with van der Waals surface area (Å²) >= 11 is 0. The predicted octanol–water partition coefficient (Wildman–Crippen LogP) is 14.1. The van der Waals surface area contributed by atoms with Gasteiger partial charge >= 0.3 is 0 Å². The van der Waals surface area contributed by atoms with Crippen molar-refractivity contribution in [3.63, 3.8) is 0 Å². The maximum absolute atomic E-state index is 9.67. The van der Waals surface area contributed by atoms with Crippen molar-refractivity contribution in [1.29, 1.82) is 0 Å². The van der Waals surface area contributed by atoms with Gasteiger partial charge in [0.05, 0.1) is 13.8 Å². The smallest absolute Gasteiger partial charge is 0.0726 e. The molecule has 0 saturated heterocycles. The van der Waals surface area contributed by atoms with Crippen LogP contribution >= 0.6 is 0 Å². The van der Waals surface area contributed by atoms with Crippen LogP contribution in [0.1, 0.15) is 74.9 Å². The first-order chi connectivity index (χ1) is 28.1. The van der Waals surface area contributed by atoms with E-state index in [4.69, 9.17) is 1.37 Å². The van der Waals surface area contributed by atoms with Crippen molar-refractivity contribution in [2.24, 2.45) is 0 Å². The molecular weight excluding hydrogens is 675 g/mol. The summed E-state index contributed by atoms with van der Waals surface area (Å²) in [6.07, 6.45) is 0. The molecule has 266 valence electrons. The van der Waals surface area contributed by atoms with Gasteiger partial charge in [0, 0.05) is 27.8 Å². The minimum atomic E-state index is -0.671. The molecule has 0 saturated carbocycles. The lowest BCUT2D eigenvalue weighted by molar-refractivity contribution is 0.660. The molecule has 8 aromatic rings. The van der Waals surface area contributed by atoms with E-state index < -0.39 is 5.41 Å². The molecule has 4 aliphatic carbocycles. The second-order valence-electron chi connectivity index (χ2n) is 17.1. The zero-order valence-corrected chi connectivity index (χ0v) is 32.0. The third-order valence-electron chi connectivity index (χ3n) is 13.8. The van der Waals surface area contributed by atoms with Gasteiger partial charge in [-0.15, -0.1) is 0 Å². The highest BCUT2D eigenvalue weighted by atomic mass is 15.1. The van der Waals surface area contributed by atoms with Crippen molar-refractivity contribution in [2.75, 3.05) is 4.90 Å². The Morgan fingerprint density at radius 3 is 1.30 bits per heavy atom. The predicted molar refractivity (Wildman–Crippen MR) is 233 cm³/mol. The highest BCUT2D eigenvalue weighted by molar-refractivity contribution is 6.01. The van der Waals surface area contributed by atoms with E-state index in [9.17, 15) is 1.37 Å². The van der Waals surface area contributed by atoms with E-state index in [0.29, 0.717) is 12.1 Å². The first kappa shape index (κ1) is 29.9. The quantitative estimate of drug-likeness (QED) is 0.176. The fourth-order valence-corrected chi connectivity index (χ4v) is 11.3. The Morgan fingerprint density at radius 2 is 0.768 bits per heavy atom. The van der Waals surface area contributed by atoms with Gasteiger partial charge in [-0.1, -0.05) is 173 Å². The molecule has 0 atom stereocenters. The van der Waals surface area contributed by atoms with Crippen molar-refractivity contribution in [3.8, 4) is 44.5 Å². The molecule has 0 heterocycles. The van der Waals surface area contributed by atoms with Crippen LogP contribution in [-0.4, -0.2) is 0 Å². The first-order valence-corrected chi connectivity index (χ1v) is 19.8. The van der Waals surface area contributed by atoms with E-state index in [1.165, 1.54) is 66.8 Å². The molecule has 0 radical (unpaired) electrons. The van der Waals surface area contributed by atoms with Gasteiger partial charge in [0.1, 0.15) is 0 Å². The van der Waals surface area contributed by atoms with E-state index >= 15 is 0 Å². The molecule has 0 aliphatic heterocycles. The van der Waals surface area contributed by atoms with Crippen LogP contribution in [0.2, 0.25) is 0 Å². The number of anilines is 3. The topological polar surface area (TPSA) is 3.24 Å². The Morgan fingerprint density at radius 1 is 0.357 bits per heavy atom. The summed E-state index contributed by atoms with van der Waals surface area (Å²) in [6.45, 7) is 9.37. The van der Waals surface area contributed by atoms with Crippen LogP contribution < -0.4 is 4.90 Å². The molecule has 0 fully saturated rings. The molecule has 0 aromatic heterocycles. The molecule has 0 amide bonds. The van der Waals surface area contributed by atoms with Gasteiger partial charge < -0.3 is 4.90 Å². The molecule has 0 unspecified atom stereocenters. The Hall–Kier alpha value is -6.44. The van der Waals surface area contributed by atoms with Crippen LogP contribution in [0, 0.1) is 0 Å². The Labute approximate surface area is 332 Å². The number of benzene rings is 8. The minimum absolute atomic E-state index is 0.188.